The number of fused-ring (bicyclic) bond motifs is 1. The standard InChI is InChI=1S/C13H15NO/c1-2-3-9-14-10-8-11-6-4-5-7-12(11)13(14)15/h4-8,10H,2-3,9H2,1H3. The van der Waals surface area contributed by atoms with E-state index in [2.05, 4.69) is 6.92 Å². The second kappa shape index (κ2) is 4.30. The van der Waals surface area contributed by atoms with Gasteiger partial charge in [0.05, 0.1) is 0 Å². The lowest BCUT2D eigenvalue weighted by Crippen LogP contribution is -2.19. The number of aryl methyl sites for hydroxylation is 1. The van der Waals surface area contributed by atoms with E-state index in [9.17, 15) is 4.79 Å². The highest BCUT2D eigenvalue weighted by atomic mass is 16.1. The summed E-state index contributed by atoms with van der Waals surface area (Å²) in [4.78, 5) is 12.0. The molecule has 2 aromatic rings. The van der Waals surface area contributed by atoms with Crippen LogP contribution in [0.3, 0.4) is 0 Å². The molecule has 0 amide bonds. The molecule has 0 aliphatic heterocycles. The molecule has 0 aliphatic rings. The third kappa shape index (κ3) is 1.94. The van der Waals surface area contributed by atoms with Gasteiger partial charge in [-0.25, -0.2) is 0 Å². The van der Waals surface area contributed by atoms with Gasteiger partial charge in [0, 0.05) is 18.1 Å². The van der Waals surface area contributed by atoms with E-state index in [-0.39, 0.29) is 5.56 Å². The molecule has 1 heterocycles. The summed E-state index contributed by atoms with van der Waals surface area (Å²) in [5.74, 6) is 0. The first-order chi connectivity index (χ1) is 7.33. The zero-order valence-electron chi connectivity index (χ0n) is 8.94. The van der Waals surface area contributed by atoms with Gasteiger partial charge in [0.25, 0.3) is 5.56 Å². The van der Waals surface area contributed by atoms with Crippen molar-refractivity contribution in [3.05, 3.63) is 46.9 Å². The Kier molecular flexibility index (Phi) is 2.86. The fraction of sp³-hybridized carbons (Fsp3) is 0.308. The molecule has 0 saturated carbocycles. The Morgan fingerprint density at radius 1 is 1.20 bits per heavy atom. The van der Waals surface area contributed by atoms with Crippen molar-refractivity contribution in [3.63, 3.8) is 0 Å². The minimum atomic E-state index is 0.126. The number of unbranched alkanes of at least 4 members (excludes halogenated alkanes) is 1. The highest BCUT2D eigenvalue weighted by Crippen LogP contribution is 2.08. The largest absolute Gasteiger partial charge is 0.315 e. The van der Waals surface area contributed by atoms with Crippen molar-refractivity contribution in [3.8, 4) is 0 Å². The van der Waals surface area contributed by atoms with Gasteiger partial charge in [0.1, 0.15) is 0 Å². The van der Waals surface area contributed by atoms with Crippen molar-refractivity contribution in [2.24, 2.45) is 0 Å². The van der Waals surface area contributed by atoms with E-state index in [4.69, 9.17) is 0 Å². The van der Waals surface area contributed by atoms with Crippen LogP contribution in [-0.2, 0) is 6.54 Å². The third-order valence-corrected chi connectivity index (χ3v) is 2.64. The SMILES string of the molecule is CCCCn1ccc2ccccc2c1=O. The minimum Gasteiger partial charge on any atom is -0.315 e. The van der Waals surface area contributed by atoms with Gasteiger partial charge < -0.3 is 4.57 Å². The van der Waals surface area contributed by atoms with Crippen LogP contribution in [0, 0.1) is 0 Å². The number of pyridine rings is 1. The van der Waals surface area contributed by atoms with Crippen molar-refractivity contribution >= 4 is 10.8 Å². The molecule has 78 valence electrons. The van der Waals surface area contributed by atoms with Gasteiger partial charge in [-0.15, -0.1) is 0 Å². The summed E-state index contributed by atoms with van der Waals surface area (Å²) in [7, 11) is 0. The molecule has 0 fully saturated rings. The van der Waals surface area contributed by atoms with Crippen LogP contribution in [0.5, 0.6) is 0 Å². The lowest BCUT2D eigenvalue weighted by molar-refractivity contribution is 0.617. The first kappa shape index (κ1) is 9.97. The van der Waals surface area contributed by atoms with Crippen LogP contribution in [0.2, 0.25) is 0 Å². The number of aromatic nitrogens is 1. The molecule has 0 aliphatic carbocycles. The molecule has 0 saturated heterocycles. The van der Waals surface area contributed by atoms with Crippen LogP contribution in [0.15, 0.2) is 41.3 Å². The third-order valence-electron chi connectivity index (χ3n) is 2.64. The van der Waals surface area contributed by atoms with Crippen LogP contribution in [-0.4, -0.2) is 4.57 Å². The fourth-order valence-electron chi connectivity index (χ4n) is 1.73. The van der Waals surface area contributed by atoms with E-state index in [0.717, 1.165) is 30.2 Å². The highest BCUT2D eigenvalue weighted by Gasteiger charge is 2.00. The second-order valence-corrected chi connectivity index (χ2v) is 3.76. The molecule has 0 N–H and O–H groups in total. The summed E-state index contributed by atoms with van der Waals surface area (Å²) in [5, 5.41) is 1.84. The maximum atomic E-state index is 12.0. The molecular weight excluding hydrogens is 186 g/mol. The first-order valence-corrected chi connectivity index (χ1v) is 5.41. The molecule has 0 unspecified atom stereocenters. The van der Waals surface area contributed by atoms with Crippen molar-refractivity contribution in [1.82, 2.24) is 4.57 Å². The van der Waals surface area contributed by atoms with Crippen LogP contribution in [0.25, 0.3) is 10.8 Å². The van der Waals surface area contributed by atoms with Crippen LogP contribution >= 0.6 is 0 Å². The summed E-state index contributed by atoms with van der Waals surface area (Å²) >= 11 is 0. The smallest absolute Gasteiger partial charge is 0.258 e. The number of benzene rings is 1. The maximum absolute atomic E-state index is 12.0. The number of hydrogen-bond acceptors (Lipinski definition) is 1. The summed E-state index contributed by atoms with van der Waals surface area (Å²) in [6.45, 7) is 2.95. The Labute approximate surface area is 89.2 Å². The van der Waals surface area contributed by atoms with E-state index in [1.165, 1.54) is 0 Å². The molecule has 0 atom stereocenters. The van der Waals surface area contributed by atoms with Crippen molar-refractivity contribution in [2.45, 2.75) is 26.3 Å². The quantitative estimate of drug-likeness (QED) is 0.748. The zero-order valence-corrected chi connectivity index (χ0v) is 8.94. The molecule has 0 bridgehead atoms. The highest BCUT2D eigenvalue weighted by molar-refractivity contribution is 5.81. The number of nitrogens with zero attached hydrogens (tertiary/aromatic N) is 1. The molecule has 0 spiro atoms. The number of hydrogen-bond donors (Lipinski definition) is 0. The molecule has 2 rings (SSSR count). The Morgan fingerprint density at radius 3 is 2.80 bits per heavy atom. The van der Waals surface area contributed by atoms with E-state index in [1.54, 1.807) is 4.57 Å². The fourth-order valence-corrected chi connectivity index (χ4v) is 1.73. The summed E-state index contributed by atoms with van der Waals surface area (Å²) in [5.41, 5.74) is 0.126. The Bertz CT molecular complexity index is 513. The lowest BCUT2D eigenvalue weighted by Gasteiger charge is -2.05. The Morgan fingerprint density at radius 2 is 2.00 bits per heavy atom. The molecule has 15 heavy (non-hydrogen) atoms. The van der Waals surface area contributed by atoms with E-state index in [0.29, 0.717) is 0 Å². The van der Waals surface area contributed by atoms with Gasteiger partial charge in [0.2, 0.25) is 0 Å². The summed E-state index contributed by atoms with van der Waals surface area (Å²) in [6.07, 6.45) is 4.05. The molecule has 2 nitrogen and oxygen atoms in total. The van der Waals surface area contributed by atoms with Gasteiger partial charge in [0.15, 0.2) is 0 Å². The molecule has 1 aromatic carbocycles. The Balaban J connectivity index is 2.51. The number of rotatable bonds is 3. The normalized spacial score (nSPS) is 10.7. The zero-order chi connectivity index (χ0) is 10.7. The van der Waals surface area contributed by atoms with Crippen molar-refractivity contribution in [2.75, 3.05) is 0 Å². The van der Waals surface area contributed by atoms with Crippen molar-refractivity contribution < 1.29 is 0 Å². The average Bonchev–Trinajstić information content (AvgIpc) is 2.29. The van der Waals surface area contributed by atoms with Crippen LogP contribution in [0.1, 0.15) is 19.8 Å². The topological polar surface area (TPSA) is 22.0 Å². The van der Waals surface area contributed by atoms with E-state index in [1.807, 2.05) is 36.5 Å². The van der Waals surface area contributed by atoms with Crippen LogP contribution in [0.4, 0.5) is 0 Å². The second-order valence-electron chi connectivity index (χ2n) is 3.76. The molecule has 2 heteroatoms. The monoisotopic (exact) mass is 201 g/mol. The van der Waals surface area contributed by atoms with Gasteiger partial charge >= 0.3 is 0 Å². The van der Waals surface area contributed by atoms with Crippen molar-refractivity contribution in [1.29, 1.82) is 0 Å². The van der Waals surface area contributed by atoms with Gasteiger partial charge in [-0.05, 0) is 23.9 Å². The average molecular weight is 201 g/mol. The summed E-state index contributed by atoms with van der Waals surface area (Å²) in [6, 6.07) is 9.74. The molecular formula is C13H15NO. The van der Waals surface area contributed by atoms with Gasteiger partial charge in [-0.1, -0.05) is 31.5 Å². The summed E-state index contributed by atoms with van der Waals surface area (Å²) < 4.78 is 1.80. The van der Waals surface area contributed by atoms with E-state index >= 15 is 0 Å². The first-order valence-electron chi connectivity index (χ1n) is 5.41. The maximum Gasteiger partial charge on any atom is 0.258 e. The Hall–Kier alpha value is -1.57. The van der Waals surface area contributed by atoms with E-state index < -0.39 is 0 Å². The molecule has 0 radical (unpaired) electrons. The van der Waals surface area contributed by atoms with Gasteiger partial charge in [-0.2, -0.15) is 0 Å². The lowest BCUT2D eigenvalue weighted by atomic mass is 10.2. The predicted molar refractivity (Wildman–Crippen MR) is 63.1 cm³/mol. The van der Waals surface area contributed by atoms with Crippen LogP contribution < -0.4 is 5.56 Å². The minimum absolute atomic E-state index is 0.126. The molecule has 1 aromatic heterocycles. The predicted octanol–water partition coefficient (Wildman–Crippen LogP) is 2.80. The van der Waals surface area contributed by atoms with Gasteiger partial charge in [-0.3, -0.25) is 4.79 Å².